The van der Waals surface area contributed by atoms with Gasteiger partial charge >= 0.3 is 0 Å². The SMILES string of the molecule is C=C/C=C\C=C/Cc1ccc2c(C3=CC(c4ccccc4)=NC(c4ccccc4)N3)c3ccccc3c(-c3ccc4c(c3)-c3ccccc3C4(C)C)c2c1. The van der Waals surface area contributed by atoms with Crippen LogP contribution in [0.3, 0.4) is 0 Å². The number of allylic oxidation sites excluding steroid dienone is 6. The van der Waals surface area contributed by atoms with Crippen molar-refractivity contribution in [3.05, 3.63) is 222 Å². The lowest BCUT2D eigenvalue weighted by Crippen LogP contribution is -2.25. The van der Waals surface area contributed by atoms with Crippen LogP contribution in [0.25, 0.3) is 49.5 Å². The summed E-state index contributed by atoms with van der Waals surface area (Å²) in [6.07, 6.45) is 13.0. The van der Waals surface area contributed by atoms with Gasteiger partial charge in [-0.05, 0) is 90.2 Å². The summed E-state index contributed by atoms with van der Waals surface area (Å²) in [6, 6.07) is 53.1. The predicted octanol–water partition coefficient (Wildman–Crippen LogP) is 12.9. The Morgan fingerprint density at radius 3 is 2.09 bits per heavy atom. The van der Waals surface area contributed by atoms with Crippen molar-refractivity contribution in [2.75, 3.05) is 0 Å². The van der Waals surface area contributed by atoms with E-state index in [0.29, 0.717) is 0 Å². The molecule has 2 nitrogen and oxygen atoms in total. The smallest absolute Gasteiger partial charge is 0.145 e. The first-order valence-corrected chi connectivity index (χ1v) is 18.8. The molecule has 0 fully saturated rings. The first-order chi connectivity index (χ1) is 26.5. The highest BCUT2D eigenvalue weighted by molar-refractivity contribution is 6.22. The van der Waals surface area contributed by atoms with Crippen molar-refractivity contribution in [2.24, 2.45) is 4.99 Å². The van der Waals surface area contributed by atoms with Gasteiger partial charge in [-0.15, -0.1) is 0 Å². The fraction of sp³-hybridized carbons (Fsp3) is 0.0962. The number of nitrogens with zero attached hydrogens (tertiary/aromatic N) is 1. The first-order valence-electron chi connectivity index (χ1n) is 18.8. The van der Waals surface area contributed by atoms with Crippen molar-refractivity contribution in [3.63, 3.8) is 0 Å². The van der Waals surface area contributed by atoms with Crippen LogP contribution in [-0.4, -0.2) is 5.71 Å². The Bertz CT molecular complexity index is 2690. The van der Waals surface area contributed by atoms with E-state index in [2.05, 4.69) is 190 Å². The largest absolute Gasteiger partial charge is 0.359 e. The summed E-state index contributed by atoms with van der Waals surface area (Å²) in [5.41, 5.74) is 14.6. The summed E-state index contributed by atoms with van der Waals surface area (Å²) < 4.78 is 0. The summed E-state index contributed by atoms with van der Waals surface area (Å²) >= 11 is 0. The van der Waals surface area contributed by atoms with E-state index >= 15 is 0 Å². The normalized spacial score (nSPS) is 15.9. The molecule has 1 N–H and O–H groups in total. The van der Waals surface area contributed by atoms with Gasteiger partial charge in [0.05, 0.1) is 5.71 Å². The van der Waals surface area contributed by atoms with E-state index in [1.165, 1.54) is 66.1 Å². The van der Waals surface area contributed by atoms with Gasteiger partial charge < -0.3 is 5.32 Å². The molecule has 0 amide bonds. The van der Waals surface area contributed by atoms with Gasteiger partial charge in [0, 0.05) is 16.7 Å². The van der Waals surface area contributed by atoms with E-state index in [0.717, 1.165) is 29.0 Å². The Kier molecular flexibility index (Phi) is 8.52. The summed E-state index contributed by atoms with van der Waals surface area (Å²) in [5, 5.41) is 8.79. The summed E-state index contributed by atoms with van der Waals surface area (Å²) in [6.45, 7) is 8.51. The topological polar surface area (TPSA) is 24.4 Å². The van der Waals surface area contributed by atoms with Crippen molar-refractivity contribution in [2.45, 2.75) is 31.8 Å². The van der Waals surface area contributed by atoms with Gasteiger partial charge in [-0.25, -0.2) is 0 Å². The number of fused-ring (bicyclic) bond motifs is 5. The van der Waals surface area contributed by atoms with E-state index in [9.17, 15) is 0 Å². The number of nitrogens with one attached hydrogen (secondary N) is 1. The van der Waals surface area contributed by atoms with Crippen LogP contribution in [0.2, 0.25) is 0 Å². The number of hydrogen-bond acceptors (Lipinski definition) is 2. The van der Waals surface area contributed by atoms with Crippen LogP contribution in [0.4, 0.5) is 0 Å². The molecule has 1 heterocycles. The average molecular weight is 695 g/mol. The summed E-state index contributed by atoms with van der Waals surface area (Å²) in [5.74, 6) is 0. The van der Waals surface area contributed by atoms with Crippen LogP contribution in [0.5, 0.6) is 0 Å². The van der Waals surface area contributed by atoms with Crippen molar-refractivity contribution in [3.8, 4) is 22.3 Å². The van der Waals surface area contributed by atoms with Crippen LogP contribution < -0.4 is 5.32 Å². The molecule has 0 spiro atoms. The lowest BCUT2D eigenvalue weighted by molar-refractivity contribution is 0.660. The third-order valence-electron chi connectivity index (χ3n) is 11.1. The molecule has 260 valence electrons. The fourth-order valence-corrected chi connectivity index (χ4v) is 8.49. The molecule has 1 aliphatic carbocycles. The molecule has 2 aliphatic rings. The minimum atomic E-state index is -0.233. The highest BCUT2D eigenvalue weighted by atomic mass is 15.1. The number of rotatable bonds is 8. The predicted molar refractivity (Wildman–Crippen MR) is 230 cm³/mol. The monoisotopic (exact) mass is 694 g/mol. The Labute approximate surface area is 318 Å². The molecule has 1 unspecified atom stereocenters. The molecule has 2 heteroatoms. The van der Waals surface area contributed by atoms with Crippen LogP contribution in [0, 0.1) is 0 Å². The fourth-order valence-electron chi connectivity index (χ4n) is 8.49. The maximum absolute atomic E-state index is 5.27. The number of aliphatic imine (C=N–C) groups is 1. The zero-order valence-electron chi connectivity index (χ0n) is 30.8. The molecule has 7 aromatic rings. The van der Waals surface area contributed by atoms with Crippen molar-refractivity contribution >= 4 is 33.0 Å². The standard InChI is InChI=1S/C52H42N2/c1-4-5-6-7-10-19-35-28-30-42-44(32-35)49(38-29-31-46-43(33-38)39-24-17-18-27-45(39)52(46,2)3)40-25-15-16-26-41(40)50(42)48-34-47(36-20-11-8-12-21-36)53-51(54-48)37-22-13-9-14-23-37/h4-18,20-34,51,54H,1,19H2,2-3H3/b6-5-,10-7-. The second-order valence-electron chi connectivity index (χ2n) is 14.8. The van der Waals surface area contributed by atoms with Gasteiger partial charge in [0.1, 0.15) is 6.17 Å². The highest BCUT2D eigenvalue weighted by Crippen LogP contribution is 2.51. The highest BCUT2D eigenvalue weighted by Gasteiger charge is 2.35. The van der Waals surface area contributed by atoms with E-state index in [-0.39, 0.29) is 11.6 Å². The minimum Gasteiger partial charge on any atom is -0.359 e. The molecular weight excluding hydrogens is 653 g/mol. The Morgan fingerprint density at radius 1 is 0.611 bits per heavy atom. The van der Waals surface area contributed by atoms with Crippen LogP contribution in [-0.2, 0) is 11.8 Å². The maximum atomic E-state index is 5.27. The third kappa shape index (κ3) is 5.81. The number of benzene rings is 7. The molecule has 1 atom stereocenters. The second kappa shape index (κ2) is 13.8. The molecule has 0 radical (unpaired) electrons. The quantitative estimate of drug-likeness (QED) is 0.124. The molecule has 0 saturated carbocycles. The van der Waals surface area contributed by atoms with Gasteiger partial charge in [0.15, 0.2) is 0 Å². The van der Waals surface area contributed by atoms with Gasteiger partial charge in [-0.2, -0.15) is 0 Å². The average Bonchev–Trinajstić information content (AvgIpc) is 3.45. The summed E-state index contributed by atoms with van der Waals surface area (Å²) in [4.78, 5) is 5.27. The maximum Gasteiger partial charge on any atom is 0.145 e. The third-order valence-corrected chi connectivity index (χ3v) is 11.1. The molecule has 9 rings (SSSR count). The van der Waals surface area contributed by atoms with Gasteiger partial charge in [0.25, 0.3) is 0 Å². The van der Waals surface area contributed by atoms with E-state index in [4.69, 9.17) is 4.99 Å². The Morgan fingerprint density at radius 2 is 1.30 bits per heavy atom. The molecule has 0 aromatic heterocycles. The molecule has 0 saturated heterocycles. The zero-order valence-corrected chi connectivity index (χ0v) is 30.8. The lowest BCUT2D eigenvalue weighted by Gasteiger charge is -2.27. The minimum absolute atomic E-state index is 0.0512. The van der Waals surface area contributed by atoms with Crippen LogP contribution >= 0.6 is 0 Å². The van der Waals surface area contributed by atoms with E-state index in [1.54, 1.807) is 6.08 Å². The van der Waals surface area contributed by atoms with E-state index in [1.807, 2.05) is 12.2 Å². The molecule has 0 bridgehead atoms. The Balaban J connectivity index is 1.30. The van der Waals surface area contributed by atoms with Crippen LogP contribution in [0.1, 0.15) is 53.4 Å². The molecular formula is C52H42N2. The van der Waals surface area contributed by atoms with Crippen molar-refractivity contribution in [1.82, 2.24) is 5.32 Å². The van der Waals surface area contributed by atoms with Gasteiger partial charge in [-0.1, -0.05) is 190 Å². The Hall–Kier alpha value is -6.51. The lowest BCUT2D eigenvalue weighted by atomic mass is 9.81. The van der Waals surface area contributed by atoms with Crippen LogP contribution in [0.15, 0.2) is 194 Å². The second-order valence-corrected chi connectivity index (χ2v) is 14.8. The van der Waals surface area contributed by atoms with Gasteiger partial charge in [-0.3, -0.25) is 4.99 Å². The van der Waals surface area contributed by atoms with Crippen molar-refractivity contribution < 1.29 is 0 Å². The van der Waals surface area contributed by atoms with Gasteiger partial charge in [0.2, 0.25) is 0 Å². The van der Waals surface area contributed by atoms with E-state index < -0.39 is 0 Å². The van der Waals surface area contributed by atoms with Crippen molar-refractivity contribution in [1.29, 1.82) is 0 Å². The summed E-state index contributed by atoms with van der Waals surface area (Å²) in [7, 11) is 0. The zero-order chi connectivity index (χ0) is 36.6. The first kappa shape index (κ1) is 33.3. The molecule has 54 heavy (non-hydrogen) atoms. The molecule has 1 aliphatic heterocycles. The number of hydrogen-bond donors (Lipinski definition) is 1. The molecule has 7 aromatic carbocycles.